The van der Waals surface area contributed by atoms with Gasteiger partial charge in [-0.3, -0.25) is 0 Å². The fourth-order valence-corrected chi connectivity index (χ4v) is 2.58. The Bertz CT molecular complexity index is 269. The maximum absolute atomic E-state index is 11.4. The molecule has 0 atom stereocenters. The summed E-state index contributed by atoms with van der Waals surface area (Å²) in [6.07, 6.45) is 18.1. The lowest BCUT2D eigenvalue weighted by Crippen LogP contribution is -1.98. The van der Waals surface area contributed by atoms with Crippen LogP contribution in [0.1, 0.15) is 97.3 Å². The van der Waals surface area contributed by atoms with E-state index in [1.165, 1.54) is 83.3 Å². The zero-order valence-electron chi connectivity index (χ0n) is 14.6. The van der Waals surface area contributed by atoms with Crippen LogP contribution in [0.2, 0.25) is 0 Å². The van der Waals surface area contributed by atoms with E-state index in [0.717, 1.165) is 12.8 Å². The highest BCUT2D eigenvalue weighted by Gasteiger charge is 2.03. The van der Waals surface area contributed by atoms with Crippen molar-refractivity contribution in [2.75, 3.05) is 7.11 Å². The van der Waals surface area contributed by atoms with Crippen LogP contribution in [0.15, 0.2) is 11.6 Å². The van der Waals surface area contributed by atoms with E-state index in [-0.39, 0.29) is 5.97 Å². The Morgan fingerprint density at radius 3 is 1.62 bits per heavy atom. The van der Waals surface area contributed by atoms with Crippen molar-refractivity contribution >= 4 is 5.97 Å². The molecule has 0 heterocycles. The molecule has 0 amide bonds. The first-order chi connectivity index (χ1) is 10.2. The molecule has 0 aromatic carbocycles. The van der Waals surface area contributed by atoms with E-state index in [9.17, 15) is 4.79 Å². The number of methoxy groups -OCH3 is 1. The molecule has 0 fully saturated rings. The van der Waals surface area contributed by atoms with Gasteiger partial charge in [0, 0.05) is 6.08 Å². The van der Waals surface area contributed by atoms with Crippen molar-refractivity contribution in [3.8, 4) is 0 Å². The molecule has 0 saturated heterocycles. The van der Waals surface area contributed by atoms with Crippen LogP contribution in [-0.2, 0) is 9.53 Å². The molecule has 2 nitrogen and oxygen atoms in total. The Hall–Kier alpha value is -0.790. The topological polar surface area (TPSA) is 26.3 Å². The average molecular weight is 296 g/mol. The van der Waals surface area contributed by atoms with Crippen LogP contribution in [0.4, 0.5) is 0 Å². The van der Waals surface area contributed by atoms with Crippen LogP contribution in [0, 0.1) is 0 Å². The molecule has 0 rings (SSSR count). The summed E-state index contributed by atoms with van der Waals surface area (Å²) in [7, 11) is 1.46. The molecule has 0 aliphatic carbocycles. The van der Waals surface area contributed by atoms with E-state index in [1.54, 1.807) is 6.08 Å². The van der Waals surface area contributed by atoms with Crippen molar-refractivity contribution in [3.63, 3.8) is 0 Å². The van der Waals surface area contributed by atoms with Gasteiger partial charge in [-0.25, -0.2) is 4.79 Å². The van der Waals surface area contributed by atoms with Gasteiger partial charge in [-0.05, 0) is 25.7 Å². The van der Waals surface area contributed by atoms with Crippen LogP contribution in [0.25, 0.3) is 0 Å². The summed E-state index contributed by atoms with van der Waals surface area (Å²) < 4.78 is 4.77. The number of allylic oxidation sites excluding steroid dienone is 1. The zero-order chi connectivity index (χ0) is 15.8. The fraction of sp³-hybridized carbons (Fsp3) is 0.842. The lowest BCUT2D eigenvalue weighted by Gasteiger charge is -2.08. The molecule has 0 N–H and O–H groups in total. The average Bonchev–Trinajstić information content (AvgIpc) is 2.49. The van der Waals surface area contributed by atoms with Gasteiger partial charge in [0.1, 0.15) is 0 Å². The normalized spacial score (nSPS) is 11.7. The van der Waals surface area contributed by atoms with Crippen LogP contribution >= 0.6 is 0 Å². The number of ether oxygens (including phenoxy) is 1. The van der Waals surface area contributed by atoms with Gasteiger partial charge in [0.25, 0.3) is 0 Å². The largest absolute Gasteiger partial charge is 0.466 e. The highest BCUT2D eigenvalue weighted by molar-refractivity contribution is 5.82. The van der Waals surface area contributed by atoms with Crippen molar-refractivity contribution in [2.24, 2.45) is 0 Å². The van der Waals surface area contributed by atoms with E-state index in [1.807, 2.05) is 0 Å². The number of carbonyl (C=O) groups is 1. The second kappa shape index (κ2) is 15.6. The Morgan fingerprint density at radius 2 is 1.19 bits per heavy atom. The standard InChI is InChI=1S/C19H36O2/c1-4-6-8-10-12-14-16-18(17-19(20)21-3)15-13-11-9-7-5-2/h17H,4-16H2,1-3H3/b18-17+. The number of carbonyl (C=O) groups excluding carboxylic acids is 1. The number of rotatable bonds is 14. The third-order valence-corrected chi connectivity index (χ3v) is 3.98. The van der Waals surface area contributed by atoms with Crippen LogP contribution in [0.5, 0.6) is 0 Å². The highest BCUT2D eigenvalue weighted by atomic mass is 16.5. The van der Waals surface area contributed by atoms with Gasteiger partial charge in [-0.1, -0.05) is 77.2 Å². The van der Waals surface area contributed by atoms with Crippen LogP contribution < -0.4 is 0 Å². The Balaban J connectivity index is 3.92. The molecule has 0 aromatic heterocycles. The third-order valence-electron chi connectivity index (χ3n) is 3.98. The molecule has 0 aliphatic rings. The molecule has 2 heteroatoms. The smallest absolute Gasteiger partial charge is 0.330 e. The summed E-state index contributed by atoms with van der Waals surface area (Å²) in [6.45, 7) is 4.48. The van der Waals surface area contributed by atoms with Crippen molar-refractivity contribution in [1.29, 1.82) is 0 Å². The molecular weight excluding hydrogens is 260 g/mol. The van der Waals surface area contributed by atoms with Gasteiger partial charge in [-0.2, -0.15) is 0 Å². The number of esters is 1. The molecular formula is C19H36O2. The molecule has 0 aliphatic heterocycles. The van der Waals surface area contributed by atoms with Crippen LogP contribution in [0.3, 0.4) is 0 Å². The first kappa shape index (κ1) is 20.2. The SMILES string of the molecule is CCCCCCCC/C(=C/C(=O)OC)CCCCCCC. The maximum Gasteiger partial charge on any atom is 0.330 e. The molecule has 0 saturated carbocycles. The summed E-state index contributed by atoms with van der Waals surface area (Å²) in [5.41, 5.74) is 1.29. The molecule has 0 aromatic rings. The molecule has 0 unspecified atom stereocenters. The van der Waals surface area contributed by atoms with Crippen molar-refractivity contribution < 1.29 is 9.53 Å². The van der Waals surface area contributed by atoms with E-state index < -0.39 is 0 Å². The van der Waals surface area contributed by atoms with Gasteiger partial charge in [0.2, 0.25) is 0 Å². The van der Waals surface area contributed by atoms with Gasteiger partial charge in [0.15, 0.2) is 0 Å². The van der Waals surface area contributed by atoms with Crippen LogP contribution in [-0.4, -0.2) is 13.1 Å². The van der Waals surface area contributed by atoms with Crippen molar-refractivity contribution in [1.82, 2.24) is 0 Å². The van der Waals surface area contributed by atoms with Gasteiger partial charge >= 0.3 is 5.97 Å². The van der Waals surface area contributed by atoms with E-state index >= 15 is 0 Å². The summed E-state index contributed by atoms with van der Waals surface area (Å²) in [5, 5.41) is 0. The summed E-state index contributed by atoms with van der Waals surface area (Å²) in [4.78, 5) is 11.4. The van der Waals surface area contributed by atoms with E-state index in [0.29, 0.717) is 0 Å². The number of unbranched alkanes of at least 4 members (excludes halogenated alkanes) is 9. The van der Waals surface area contributed by atoms with Crippen molar-refractivity contribution in [3.05, 3.63) is 11.6 Å². The molecule has 21 heavy (non-hydrogen) atoms. The summed E-state index contributed by atoms with van der Waals surface area (Å²) in [5.74, 6) is -0.190. The van der Waals surface area contributed by atoms with Gasteiger partial charge < -0.3 is 4.74 Å². The second-order valence-electron chi connectivity index (χ2n) is 6.01. The number of hydrogen-bond acceptors (Lipinski definition) is 2. The Morgan fingerprint density at radius 1 is 0.762 bits per heavy atom. The molecule has 0 radical (unpaired) electrons. The Kier molecular flexibility index (Phi) is 15.0. The summed E-state index contributed by atoms with van der Waals surface area (Å²) in [6, 6.07) is 0. The predicted octanol–water partition coefficient (Wildman–Crippen LogP) is 6.20. The maximum atomic E-state index is 11.4. The minimum Gasteiger partial charge on any atom is -0.466 e. The fourth-order valence-electron chi connectivity index (χ4n) is 2.58. The van der Waals surface area contributed by atoms with Gasteiger partial charge in [-0.15, -0.1) is 0 Å². The van der Waals surface area contributed by atoms with Gasteiger partial charge in [0.05, 0.1) is 7.11 Å². The molecule has 124 valence electrons. The van der Waals surface area contributed by atoms with Crippen molar-refractivity contribution in [2.45, 2.75) is 97.3 Å². The lowest BCUT2D eigenvalue weighted by molar-refractivity contribution is -0.134. The number of hydrogen-bond donors (Lipinski definition) is 0. The predicted molar refractivity (Wildman–Crippen MR) is 91.5 cm³/mol. The Labute approximate surface area is 132 Å². The second-order valence-corrected chi connectivity index (χ2v) is 6.01. The minimum atomic E-state index is -0.190. The first-order valence-corrected chi connectivity index (χ1v) is 9.02. The monoisotopic (exact) mass is 296 g/mol. The third kappa shape index (κ3) is 13.9. The lowest BCUT2D eigenvalue weighted by atomic mass is 9.99. The molecule has 0 spiro atoms. The van der Waals surface area contributed by atoms with E-state index in [2.05, 4.69) is 13.8 Å². The quantitative estimate of drug-likeness (QED) is 0.217. The highest BCUT2D eigenvalue weighted by Crippen LogP contribution is 2.18. The van der Waals surface area contributed by atoms with E-state index in [4.69, 9.17) is 4.74 Å². The first-order valence-electron chi connectivity index (χ1n) is 9.02. The summed E-state index contributed by atoms with van der Waals surface area (Å²) >= 11 is 0. The molecule has 0 bridgehead atoms. The zero-order valence-corrected chi connectivity index (χ0v) is 14.6. The minimum absolute atomic E-state index is 0.190.